The van der Waals surface area contributed by atoms with Crippen LogP contribution in [0, 0.1) is 0 Å². The van der Waals surface area contributed by atoms with Gasteiger partial charge in [-0.2, -0.15) is 0 Å². The summed E-state index contributed by atoms with van der Waals surface area (Å²) in [5.74, 6) is -0.909. The van der Waals surface area contributed by atoms with Crippen molar-refractivity contribution in [2.75, 3.05) is 6.54 Å². The number of hydrogen-bond acceptors (Lipinski definition) is 4. The lowest BCUT2D eigenvalue weighted by Gasteiger charge is -2.26. The predicted molar refractivity (Wildman–Crippen MR) is 68.4 cm³/mol. The summed E-state index contributed by atoms with van der Waals surface area (Å²) >= 11 is 1.47. The fraction of sp³-hybridized carbons (Fsp3) is 0.545. The molecule has 100 valence electrons. The molecule has 18 heavy (non-hydrogen) atoms. The van der Waals surface area contributed by atoms with E-state index in [0.29, 0.717) is 6.54 Å². The number of thiazole rings is 1. The summed E-state index contributed by atoms with van der Waals surface area (Å²) in [6.45, 7) is 4.27. The Morgan fingerprint density at radius 2 is 2.28 bits per heavy atom. The zero-order chi connectivity index (χ0) is 13.5. The van der Waals surface area contributed by atoms with Crippen molar-refractivity contribution in [3.8, 4) is 0 Å². The molecule has 0 aliphatic carbocycles. The average Bonchev–Trinajstić information content (AvgIpc) is 2.78. The first kappa shape index (κ1) is 14.4. The lowest BCUT2D eigenvalue weighted by Crippen LogP contribution is -2.44. The third kappa shape index (κ3) is 4.70. The van der Waals surface area contributed by atoms with E-state index in [4.69, 9.17) is 5.11 Å². The monoisotopic (exact) mass is 271 g/mol. The van der Waals surface area contributed by atoms with E-state index in [1.807, 2.05) is 19.2 Å². The summed E-state index contributed by atoms with van der Waals surface area (Å²) < 4.78 is 0. The number of nitrogens with one attached hydrogen (secondary N) is 1. The zero-order valence-corrected chi connectivity index (χ0v) is 11.2. The van der Waals surface area contributed by atoms with E-state index in [0.717, 1.165) is 5.69 Å². The van der Waals surface area contributed by atoms with E-state index in [2.05, 4.69) is 10.3 Å². The minimum atomic E-state index is -0.909. The minimum Gasteiger partial charge on any atom is -0.481 e. The van der Waals surface area contributed by atoms with Crippen molar-refractivity contribution >= 4 is 23.3 Å². The predicted octanol–water partition coefficient (Wildman–Crippen LogP) is 1.54. The number of rotatable bonds is 6. The molecule has 0 aliphatic rings. The Labute approximate surface area is 110 Å². The Morgan fingerprint density at radius 1 is 1.56 bits per heavy atom. The molecular weight excluding hydrogens is 254 g/mol. The van der Waals surface area contributed by atoms with Crippen LogP contribution in [0.3, 0.4) is 0 Å². The highest BCUT2D eigenvalue weighted by atomic mass is 32.1. The number of carbonyl (C=O) groups is 2. The number of urea groups is 1. The topological polar surface area (TPSA) is 82.5 Å². The molecule has 6 nitrogen and oxygen atoms in total. The number of amides is 2. The first-order valence-corrected chi connectivity index (χ1v) is 6.58. The summed E-state index contributed by atoms with van der Waals surface area (Å²) in [6, 6.07) is -0.306. The second-order valence-corrected chi connectivity index (χ2v) is 4.79. The van der Waals surface area contributed by atoms with Crippen molar-refractivity contribution < 1.29 is 14.7 Å². The number of carboxylic acid groups (broad SMARTS) is 1. The normalized spacial score (nSPS) is 10.4. The molecule has 7 heteroatoms. The largest absolute Gasteiger partial charge is 0.481 e. The maximum absolute atomic E-state index is 11.9. The Hall–Kier alpha value is -1.63. The SMILES string of the molecule is CC(C)N(CCC(=O)O)C(=O)NCc1cscn1. The number of carboxylic acids is 1. The van der Waals surface area contributed by atoms with Gasteiger partial charge in [-0.25, -0.2) is 9.78 Å². The van der Waals surface area contributed by atoms with Crippen molar-refractivity contribution in [1.82, 2.24) is 15.2 Å². The first-order chi connectivity index (χ1) is 8.50. The molecule has 0 saturated carbocycles. The maximum atomic E-state index is 11.9. The zero-order valence-electron chi connectivity index (χ0n) is 10.4. The molecule has 1 rings (SSSR count). The lowest BCUT2D eigenvalue weighted by atomic mass is 10.3. The van der Waals surface area contributed by atoms with Crippen LogP contribution < -0.4 is 5.32 Å². The van der Waals surface area contributed by atoms with Crippen LogP contribution in [0.1, 0.15) is 26.0 Å². The van der Waals surface area contributed by atoms with Crippen LogP contribution in [-0.4, -0.2) is 39.6 Å². The third-order valence-corrected chi connectivity index (χ3v) is 2.99. The van der Waals surface area contributed by atoms with Crippen LogP contribution in [0.2, 0.25) is 0 Å². The molecule has 0 saturated heterocycles. The van der Waals surface area contributed by atoms with Gasteiger partial charge in [0.1, 0.15) is 0 Å². The van der Waals surface area contributed by atoms with Crippen LogP contribution in [0.25, 0.3) is 0 Å². The van der Waals surface area contributed by atoms with Crippen molar-refractivity contribution in [3.05, 3.63) is 16.6 Å². The summed E-state index contributed by atoms with van der Waals surface area (Å²) in [4.78, 5) is 28.0. The second kappa shape index (κ2) is 6.95. The van der Waals surface area contributed by atoms with E-state index in [-0.39, 0.29) is 25.0 Å². The standard InChI is InChI=1S/C11H17N3O3S/c1-8(2)14(4-3-10(15)16)11(17)12-5-9-6-18-7-13-9/h6-8H,3-5H2,1-2H3,(H,12,17)(H,15,16). The van der Waals surface area contributed by atoms with E-state index in [1.165, 1.54) is 16.2 Å². The van der Waals surface area contributed by atoms with Gasteiger partial charge in [-0.15, -0.1) is 11.3 Å². The number of hydrogen-bond donors (Lipinski definition) is 2. The van der Waals surface area contributed by atoms with Gasteiger partial charge in [-0.05, 0) is 13.8 Å². The van der Waals surface area contributed by atoms with Gasteiger partial charge in [0.25, 0.3) is 0 Å². The highest BCUT2D eigenvalue weighted by Gasteiger charge is 2.17. The third-order valence-electron chi connectivity index (χ3n) is 2.35. The molecule has 1 heterocycles. The molecule has 2 N–H and O–H groups in total. The van der Waals surface area contributed by atoms with E-state index in [9.17, 15) is 9.59 Å². The smallest absolute Gasteiger partial charge is 0.317 e. The molecule has 0 bridgehead atoms. The molecule has 1 aromatic heterocycles. The van der Waals surface area contributed by atoms with Crippen LogP contribution in [0.15, 0.2) is 10.9 Å². The van der Waals surface area contributed by atoms with E-state index in [1.54, 1.807) is 5.51 Å². The van der Waals surface area contributed by atoms with Gasteiger partial charge < -0.3 is 15.3 Å². The first-order valence-electron chi connectivity index (χ1n) is 5.64. The average molecular weight is 271 g/mol. The quantitative estimate of drug-likeness (QED) is 0.822. The molecule has 0 aromatic carbocycles. The molecule has 1 aromatic rings. The Kier molecular flexibility index (Phi) is 5.57. The molecule has 0 unspecified atom stereocenters. The van der Waals surface area contributed by atoms with Crippen molar-refractivity contribution in [1.29, 1.82) is 0 Å². The van der Waals surface area contributed by atoms with Crippen molar-refractivity contribution in [2.45, 2.75) is 32.9 Å². The lowest BCUT2D eigenvalue weighted by molar-refractivity contribution is -0.137. The number of aromatic nitrogens is 1. The second-order valence-electron chi connectivity index (χ2n) is 4.07. The van der Waals surface area contributed by atoms with Gasteiger partial charge in [0.2, 0.25) is 0 Å². The molecule has 0 aliphatic heterocycles. The van der Waals surface area contributed by atoms with Gasteiger partial charge in [-0.3, -0.25) is 4.79 Å². The highest BCUT2D eigenvalue weighted by Crippen LogP contribution is 2.03. The van der Waals surface area contributed by atoms with Gasteiger partial charge in [0.05, 0.1) is 24.2 Å². The molecular formula is C11H17N3O3S. The Morgan fingerprint density at radius 3 is 2.78 bits per heavy atom. The number of aliphatic carboxylic acids is 1. The van der Waals surface area contributed by atoms with Crippen LogP contribution in [0.5, 0.6) is 0 Å². The summed E-state index contributed by atoms with van der Waals surface area (Å²) in [5.41, 5.74) is 2.50. The van der Waals surface area contributed by atoms with Crippen LogP contribution in [0.4, 0.5) is 4.79 Å². The van der Waals surface area contributed by atoms with Gasteiger partial charge >= 0.3 is 12.0 Å². The Bertz CT molecular complexity index is 392. The summed E-state index contributed by atoms with van der Waals surface area (Å²) in [6.07, 6.45) is -0.0533. The fourth-order valence-electron chi connectivity index (χ4n) is 1.40. The highest BCUT2D eigenvalue weighted by molar-refractivity contribution is 7.07. The molecule has 2 amide bonds. The van der Waals surface area contributed by atoms with Crippen molar-refractivity contribution in [3.63, 3.8) is 0 Å². The van der Waals surface area contributed by atoms with E-state index >= 15 is 0 Å². The number of carbonyl (C=O) groups excluding carboxylic acids is 1. The minimum absolute atomic E-state index is 0.0419. The van der Waals surface area contributed by atoms with Gasteiger partial charge in [-0.1, -0.05) is 0 Å². The Balaban J connectivity index is 2.46. The fourth-order valence-corrected chi connectivity index (χ4v) is 1.96. The summed E-state index contributed by atoms with van der Waals surface area (Å²) in [7, 11) is 0. The molecule has 0 atom stereocenters. The molecule has 0 spiro atoms. The summed E-state index contributed by atoms with van der Waals surface area (Å²) in [5, 5.41) is 13.2. The van der Waals surface area contributed by atoms with Crippen LogP contribution >= 0.6 is 11.3 Å². The molecule has 0 fully saturated rings. The van der Waals surface area contributed by atoms with Crippen LogP contribution in [-0.2, 0) is 11.3 Å². The van der Waals surface area contributed by atoms with Gasteiger partial charge in [0.15, 0.2) is 0 Å². The van der Waals surface area contributed by atoms with Crippen molar-refractivity contribution in [2.24, 2.45) is 0 Å². The van der Waals surface area contributed by atoms with E-state index < -0.39 is 5.97 Å². The maximum Gasteiger partial charge on any atom is 0.317 e. The van der Waals surface area contributed by atoms with Gasteiger partial charge in [0, 0.05) is 18.0 Å². The number of nitrogens with zero attached hydrogens (tertiary/aromatic N) is 2. The molecule has 0 radical (unpaired) electrons.